The van der Waals surface area contributed by atoms with E-state index in [1.807, 2.05) is 0 Å². The van der Waals surface area contributed by atoms with Crippen molar-refractivity contribution in [1.29, 1.82) is 0 Å². The Morgan fingerprint density at radius 1 is 1.00 bits per heavy atom. The van der Waals surface area contributed by atoms with E-state index in [1.165, 1.54) is 0 Å². The third kappa shape index (κ3) is 3.07. The zero-order chi connectivity index (χ0) is 14.9. The normalized spacial score (nSPS) is 12.5. The topological polar surface area (TPSA) is 12.0 Å². The van der Waals surface area contributed by atoms with Crippen molar-refractivity contribution in [2.24, 2.45) is 0 Å². The average Bonchev–Trinajstić information content (AvgIpc) is 2.34. The van der Waals surface area contributed by atoms with Crippen LogP contribution in [0.4, 0.5) is 13.2 Å². The summed E-state index contributed by atoms with van der Waals surface area (Å²) in [5.74, 6) is -2.78. The highest BCUT2D eigenvalue weighted by Gasteiger charge is 2.23. The molecular weight excluding hydrogens is 399 g/mol. The third-order valence-corrected chi connectivity index (χ3v) is 4.07. The van der Waals surface area contributed by atoms with Crippen molar-refractivity contribution in [3.05, 3.63) is 67.9 Å². The van der Waals surface area contributed by atoms with Gasteiger partial charge in [0.15, 0.2) is 0 Å². The van der Waals surface area contributed by atoms with Gasteiger partial charge in [0.2, 0.25) is 0 Å². The molecule has 1 N–H and O–H groups in total. The lowest BCUT2D eigenvalue weighted by Gasteiger charge is -2.20. The van der Waals surface area contributed by atoms with E-state index in [0.717, 1.165) is 4.47 Å². The van der Waals surface area contributed by atoms with Gasteiger partial charge in [-0.2, -0.15) is 0 Å². The SMILES string of the molecule is CNC(c1ccc(Br)cc1Br)c1c(F)cc(F)cc1F. The quantitative estimate of drug-likeness (QED) is 0.758. The molecule has 1 nitrogen and oxygen atoms in total. The average molecular weight is 409 g/mol. The molecule has 106 valence electrons. The molecule has 2 rings (SSSR count). The minimum Gasteiger partial charge on any atom is -0.309 e. The Hall–Kier alpha value is -0.850. The summed E-state index contributed by atoms with van der Waals surface area (Å²) in [5, 5.41) is 2.85. The highest BCUT2D eigenvalue weighted by molar-refractivity contribution is 9.11. The molecule has 0 aliphatic heterocycles. The summed E-state index contributed by atoms with van der Waals surface area (Å²) in [6.07, 6.45) is 0. The van der Waals surface area contributed by atoms with Gasteiger partial charge < -0.3 is 5.32 Å². The standard InChI is InChI=1S/C14H10Br2F3N/c1-20-14(9-3-2-7(15)4-10(9)16)13-11(18)5-8(17)6-12(13)19/h2-6,14,20H,1H3. The molecule has 2 aromatic carbocycles. The Balaban J connectivity index is 2.58. The van der Waals surface area contributed by atoms with E-state index >= 15 is 0 Å². The lowest BCUT2D eigenvalue weighted by atomic mass is 9.97. The predicted molar refractivity (Wildman–Crippen MR) is 79.1 cm³/mol. The smallest absolute Gasteiger partial charge is 0.134 e. The maximum atomic E-state index is 13.9. The molecule has 6 heteroatoms. The summed E-state index contributed by atoms with van der Waals surface area (Å²) in [4.78, 5) is 0. The number of hydrogen-bond donors (Lipinski definition) is 1. The molecule has 20 heavy (non-hydrogen) atoms. The van der Waals surface area contributed by atoms with Crippen LogP contribution in [0.3, 0.4) is 0 Å². The summed E-state index contributed by atoms with van der Waals surface area (Å²) in [7, 11) is 1.58. The molecule has 0 amide bonds. The van der Waals surface area contributed by atoms with Gasteiger partial charge >= 0.3 is 0 Å². The van der Waals surface area contributed by atoms with Crippen molar-refractivity contribution in [2.75, 3.05) is 7.05 Å². The van der Waals surface area contributed by atoms with Gasteiger partial charge in [0.1, 0.15) is 17.5 Å². The lowest BCUT2D eigenvalue weighted by molar-refractivity contribution is 0.499. The number of rotatable bonds is 3. The van der Waals surface area contributed by atoms with Crippen molar-refractivity contribution in [3.8, 4) is 0 Å². The molecule has 1 atom stereocenters. The van der Waals surface area contributed by atoms with Crippen LogP contribution in [0.1, 0.15) is 17.2 Å². The molecule has 1 unspecified atom stereocenters. The van der Waals surface area contributed by atoms with E-state index in [0.29, 0.717) is 22.2 Å². The second-order valence-corrected chi connectivity index (χ2v) is 5.94. The summed E-state index contributed by atoms with van der Waals surface area (Å²) < 4.78 is 42.3. The number of halogens is 5. The fraction of sp³-hybridized carbons (Fsp3) is 0.143. The fourth-order valence-electron chi connectivity index (χ4n) is 2.02. The molecule has 0 radical (unpaired) electrons. The van der Waals surface area contributed by atoms with E-state index in [4.69, 9.17) is 0 Å². The summed E-state index contributed by atoms with van der Waals surface area (Å²) in [5.41, 5.74) is 0.442. The van der Waals surface area contributed by atoms with E-state index in [-0.39, 0.29) is 5.56 Å². The number of nitrogens with one attached hydrogen (secondary N) is 1. The van der Waals surface area contributed by atoms with Crippen molar-refractivity contribution in [1.82, 2.24) is 5.32 Å². The maximum absolute atomic E-state index is 13.9. The van der Waals surface area contributed by atoms with Crippen LogP contribution in [0.15, 0.2) is 39.3 Å². The van der Waals surface area contributed by atoms with E-state index in [2.05, 4.69) is 37.2 Å². The molecule has 0 fully saturated rings. The predicted octanol–water partition coefficient (Wildman–Crippen LogP) is 4.94. The number of hydrogen-bond acceptors (Lipinski definition) is 1. The largest absolute Gasteiger partial charge is 0.309 e. The van der Waals surface area contributed by atoms with Gasteiger partial charge in [-0.1, -0.05) is 37.9 Å². The van der Waals surface area contributed by atoms with Gasteiger partial charge in [-0.25, -0.2) is 13.2 Å². The van der Waals surface area contributed by atoms with E-state index in [9.17, 15) is 13.2 Å². The lowest BCUT2D eigenvalue weighted by Crippen LogP contribution is -2.21. The zero-order valence-corrected chi connectivity index (χ0v) is 13.5. The highest BCUT2D eigenvalue weighted by Crippen LogP contribution is 2.33. The van der Waals surface area contributed by atoms with Crippen LogP contribution in [0.2, 0.25) is 0 Å². The second-order valence-electron chi connectivity index (χ2n) is 4.17. The Morgan fingerprint density at radius 3 is 2.10 bits per heavy atom. The highest BCUT2D eigenvalue weighted by atomic mass is 79.9. The summed E-state index contributed by atoms with van der Waals surface area (Å²) in [6.45, 7) is 0. The van der Waals surface area contributed by atoms with E-state index in [1.54, 1.807) is 25.2 Å². The minimum absolute atomic E-state index is 0.211. The first kappa shape index (κ1) is 15.5. The minimum atomic E-state index is -0.937. The van der Waals surface area contributed by atoms with Crippen LogP contribution in [-0.4, -0.2) is 7.05 Å². The van der Waals surface area contributed by atoms with Gasteiger partial charge in [-0.15, -0.1) is 0 Å². The molecule has 0 aliphatic rings. The fourth-order valence-corrected chi connectivity index (χ4v) is 3.30. The van der Waals surface area contributed by atoms with Crippen LogP contribution in [0, 0.1) is 17.5 Å². The van der Waals surface area contributed by atoms with Gasteiger partial charge in [-0.3, -0.25) is 0 Å². The molecule has 0 heterocycles. The van der Waals surface area contributed by atoms with Crippen LogP contribution in [0.5, 0.6) is 0 Å². The number of benzene rings is 2. The van der Waals surface area contributed by atoms with E-state index < -0.39 is 23.5 Å². The van der Waals surface area contributed by atoms with Crippen LogP contribution < -0.4 is 5.32 Å². The Kier molecular flexibility index (Phi) is 4.88. The van der Waals surface area contributed by atoms with Crippen molar-refractivity contribution < 1.29 is 13.2 Å². The molecule has 0 aliphatic carbocycles. The molecular formula is C14H10Br2F3N. The first-order valence-electron chi connectivity index (χ1n) is 5.70. The maximum Gasteiger partial charge on any atom is 0.134 e. The Bertz CT molecular complexity index is 623. The first-order valence-corrected chi connectivity index (χ1v) is 7.29. The molecule has 0 bridgehead atoms. The Labute approximate surface area is 131 Å². The van der Waals surface area contributed by atoms with Gasteiger partial charge in [0.25, 0.3) is 0 Å². The second kappa shape index (κ2) is 6.28. The monoisotopic (exact) mass is 407 g/mol. The summed E-state index contributed by atoms with van der Waals surface area (Å²) in [6, 6.07) is 5.91. The molecule has 0 saturated heterocycles. The molecule has 0 aromatic heterocycles. The van der Waals surface area contributed by atoms with Crippen molar-refractivity contribution in [3.63, 3.8) is 0 Å². The third-order valence-electron chi connectivity index (χ3n) is 2.89. The summed E-state index contributed by atoms with van der Waals surface area (Å²) >= 11 is 6.67. The zero-order valence-electron chi connectivity index (χ0n) is 10.4. The first-order chi connectivity index (χ1) is 9.43. The van der Waals surface area contributed by atoms with Crippen molar-refractivity contribution >= 4 is 31.9 Å². The van der Waals surface area contributed by atoms with Gasteiger partial charge in [0, 0.05) is 26.6 Å². The molecule has 2 aromatic rings. The van der Waals surface area contributed by atoms with Crippen LogP contribution >= 0.6 is 31.9 Å². The van der Waals surface area contributed by atoms with Gasteiger partial charge in [0.05, 0.1) is 6.04 Å². The van der Waals surface area contributed by atoms with Crippen LogP contribution in [0.25, 0.3) is 0 Å². The van der Waals surface area contributed by atoms with Gasteiger partial charge in [-0.05, 0) is 24.7 Å². The molecule has 0 spiro atoms. The van der Waals surface area contributed by atoms with Crippen LogP contribution in [-0.2, 0) is 0 Å². The molecule has 0 saturated carbocycles. The Morgan fingerprint density at radius 2 is 1.60 bits per heavy atom. The van der Waals surface area contributed by atoms with Crippen molar-refractivity contribution in [2.45, 2.75) is 6.04 Å².